The van der Waals surface area contributed by atoms with Gasteiger partial charge in [-0.25, -0.2) is 4.79 Å². The number of anilines is 1. The average molecular weight is 388 g/mol. The normalized spacial score (nSPS) is 15.2. The van der Waals surface area contributed by atoms with Gasteiger partial charge in [0.2, 0.25) is 0 Å². The first-order valence-corrected chi connectivity index (χ1v) is 9.24. The number of piperazine rings is 1. The van der Waals surface area contributed by atoms with Crippen LogP contribution in [-0.4, -0.2) is 76.4 Å². The van der Waals surface area contributed by atoms with Gasteiger partial charge in [0, 0.05) is 57.1 Å². The van der Waals surface area contributed by atoms with E-state index in [2.05, 4.69) is 22.2 Å². The van der Waals surface area contributed by atoms with Crippen LogP contribution in [0.4, 0.5) is 5.69 Å². The molecule has 1 heterocycles. The summed E-state index contributed by atoms with van der Waals surface area (Å²) in [6.07, 6.45) is 3.62. The fourth-order valence-electron chi connectivity index (χ4n) is 2.94. The lowest BCUT2D eigenvalue weighted by molar-refractivity contribution is 0.0601. The van der Waals surface area contributed by atoms with Crippen molar-refractivity contribution in [1.82, 2.24) is 9.80 Å². The number of ether oxygens (including phenoxy) is 3. The quantitative estimate of drug-likeness (QED) is 0.390. The molecule has 0 bridgehead atoms. The Hall–Kier alpha value is -2.76. The molecule has 0 unspecified atom stereocenters. The molecule has 152 valence electrons. The molecule has 1 fully saturated rings. The molecule has 8 heteroatoms. The van der Waals surface area contributed by atoms with E-state index in [1.165, 1.54) is 26.5 Å². The molecule has 0 amide bonds. The maximum absolute atomic E-state index is 12.0. The van der Waals surface area contributed by atoms with Gasteiger partial charge in [0.1, 0.15) is 0 Å². The van der Waals surface area contributed by atoms with Crippen molar-refractivity contribution in [3.63, 3.8) is 0 Å². The zero-order chi connectivity index (χ0) is 20.4. The summed E-state index contributed by atoms with van der Waals surface area (Å²) >= 11 is 0. The maximum atomic E-state index is 12.0. The number of hydrogen-bond donors (Lipinski definition) is 1. The molecule has 2 rings (SSSR count). The van der Waals surface area contributed by atoms with Gasteiger partial charge in [-0.1, -0.05) is 0 Å². The van der Waals surface area contributed by atoms with Gasteiger partial charge in [-0.2, -0.15) is 5.26 Å². The van der Waals surface area contributed by atoms with Crippen LogP contribution in [0.2, 0.25) is 0 Å². The highest BCUT2D eigenvalue weighted by atomic mass is 16.5. The van der Waals surface area contributed by atoms with E-state index in [0.29, 0.717) is 29.4 Å². The molecule has 0 aromatic heterocycles. The number of esters is 1. The predicted octanol–water partition coefficient (Wildman–Crippen LogP) is 1.95. The van der Waals surface area contributed by atoms with Gasteiger partial charge in [-0.15, -0.1) is 0 Å². The van der Waals surface area contributed by atoms with Gasteiger partial charge in [0.25, 0.3) is 0 Å². The minimum absolute atomic E-state index is 0.298. The van der Waals surface area contributed by atoms with Crippen molar-refractivity contribution in [1.29, 1.82) is 5.26 Å². The third kappa shape index (κ3) is 6.15. The number of nitrogens with zero attached hydrogens (tertiary/aromatic N) is 3. The predicted molar refractivity (Wildman–Crippen MR) is 107 cm³/mol. The molecule has 1 aliphatic heterocycles. The topological polar surface area (TPSA) is 87.1 Å². The molecule has 0 spiro atoms. The monoisotopic (exact) mass is 388 g/mol. The minimum atomic E-state index is -0.507. The van der Waals surface area contributed by atoms with E-state index in [9.17, 15) is 4.79 Å². The summed E-state index contributed by atoms with van der Waals surface area (Å²) in [6, 6.07) is 5.15. The third-order valence-corrected chi connectivity index (χ3v) is 4.58. The summed E-state index contributed by atoms with van der Waals surface area (Å²) in [7, 11) is 4.98. The van der Waals surface area contributed by atoms with E-state index in [1.807, 2.05) is 6.07 Å². The van der Waals surface area contributed by atoms with Crippen LogP contribution in [0.25, 0.3) is 0 Å². The standard InChI is InChI=1S/C20H28N4O4/c1-23-9-11-24(12-10-23)8-5-13-28-19-15-17(22-7-4-6-21)16(20(25)27-3)14-18(19)26-2/h4,7,14-15,22H,5,8-13H2,1-3H3/b7-4+. The van der Waals surface area contributed by atoms with Crippen molar-refractivity contribution < 1.29 is 19.0 Å². The van der Waals surface area contributed by atoms with E-state index in [0.717, 1.165) is 39.1 Å². The van der Waals surface area contributed by atoms with E-state index in [-0.39, 0.29) is 0 Å². The summed E-state index contributed by atoms with van der Waals surface area (Å²) in [6.45, 7) is 5.85. The number of likely N-dealkylation sites (N-methyl/N-ethyl adjacent to an activating group) is 1. The lowest BCUT2D eigenvalue weighted by atomic mass is 10.1. The van der Waals surface area contributed by atoms with Gasteiger partial charge in [-0.3, -0.25) is 0 Å². The fourth-order valence-corrected chi connectivity index (χ4v) is 2.94. The third-order valence-electron chi connectivity index (χ3n) is 4.58. The lowest BCUT2D eigenvalue weighted by Crippen LogP contribution is -2.44. The lowest BCUT2D eigenvalue weighted by Gasteiger charge is -2.32. The average Bonchev–Trinajstić information content (AvgIpc) is 2.72. The number of rotatable bonds is 9. The number of benzene rings is 1. The van der Waals surface area contributed by atoms with Gasteiger partial charge >= 0.3 is 5.97 Å². The number of nitriles is 1. The Labute approximate surface area is 166 Å². The van der Waals surface area contributed by atoms with E-state index < -0.39 is 5.97 Å². The van der Waals surface area contributed by atoms with E-state index >= 15 is 0 Å². The minimum Gasteiger partial charge on any atom is -0.493 e. The molecule has 0 aliphatic carbocycles. The van der Waals surface area contributed by atoms with Gasteiger partial charge in [0.15, 0.2) is 11.5 Å². The van der Waals surface area contributed by atoms with Crippen LogP contribution in [0.3, 0.4) is 0 Å². The smallest absolute Gasteiger partial charge is 0.340 e. The summed E-state index contributed by atoms with van der Waals surface area (Å²) in [5, 5.41) is 11.6. The van der Waals surface area contributed by atoms with Crippen LogP contribution in [-0.2, 0) is 4.74 Å². The van der Waals surface area contributed by atoms with Gasteiger partial charge in [0.05, 0.1) is 38.1 Å². The highest BCUT2D eigenvalue weighted by molar-refractivity contribution is 5.97. The Morgan fingerprint density at radius 2 is 2.00 bits per heavy atom. The van der Waals surface area contributed by atoms with Crippen molar-refractivity contribution >= 4 is 11.7 Å². The molecule has 1 aromatic rings. The molecule has 0 atom stereocenters. The van der Waals surface area contributed by atoms with Crippen molar-refractivity contribution in [2.45, 2.75) is 6.42 Å². The molecule has 0 radical (unpaired) electrons. The number of nitrogens with one attached hydrogen (secondary N) is 1. The van der Waals surface area contributed by atoms with Crippen LogP contribution in [0.5, 0.6) is 11.5 Å². The molecular weight excluding hydrogens is 360 g/mol. The second-order valence-electron chi connectivity index (χ2n) is 6.49. The number of carbonyl (C=O) groups is 1. The molecule has 1 aromatic carbocycles. The summed E-state index contributed by atoms with van der Waals surface area (Å²) < 4.78 is 16.1. The highest BCUT2D eigenvalue weighted by Crippen LogP contribution is 2.34. The maximum Gasteiger partial charge on any atom is 0.340 e. The SMILES string of the molecule is COC(=O)c1cc(OC)c(OCCCN2CCN(C)CC2)cc1N/C=C/C#N. The van der Waals surface area contributed by atoms with Crippen LogP contribution in [0.1, 0.15) is 16.8 Å². The molecule has 8 nitrogen and oxygen atoms in total. The second-order valence-corrected chi connectivity index (χ2v) is 6.49. The Morgan fingerprint density at radius 3 is 2.64 bits per heavy atom. The Kier molecular flexibility index (Phi) is 8.59. The van der Waals surface area contributed by atoms with Crippen LogP contribution >= 0.6 is 0 Å². The summed E-state index contributed by atoms with van der Waals surface area (Å²) in [5.41, 5.74) is 0.778. The summed E-state index contributed by atoms with van der Waals surface area (Å²) in [5.74, 6) is 0.476. The van der Waals surface area contributed by atoms with Crippen molar-refractivity contribution in [2.24, 2.45) is 0 Å². The zero-order valence-electron chi connectivity index (χ0n) is 16.7. The first kappa shape index (κ1) is 21.5. The van der Waals surface area contributed by atoms with Crippen molar-refractivity contribution in [3.8, 4) is 17.6 Å². The highest BCUT2D eigenvalue weighted by Gasteiger charge is 2.18. The number of allylic oxidation sites excluding steroid dienone is 1. The van der Waals surface area contributed by atoms with E-state index in [1.54, 1.807) is 12.1 Å². The van der Waals surface area contributed by atoms with Crippen LogP contribution < -0.4 is 14.8 Å². The first-order chi connectivity index (χ1) is 13.6. The molecule has 1 N–H and O–H groups in total. The fraction of sp³-hybridized carbons (Fsp3) is 0.500. The Balaban J connectivity index is 2.03. The molecule has 1 saturated heterocycles. The van der Waals surface area contributed by atoms with Crippen molar-refractivity contribution in [3.05, 3.63) is 30.0 Å². The Bertz CT molecular complexity index is 722. The largest absolute Gasteiger partial charge is 0.493 e. The van der Waals surface area contributed by atoms with E-state index in [4.69, 9.17) is 19.5 Å². The number of methoxy groups -OCH3 is 2. The number of hydrogen-bond acceptors (Lipinski definition) is 8. The molecule has 0 saturated carbocycles. The molecule has 1 aliphatic rings. The first-order valence-electron chi connectivity index (χ1n) is 9.24. The van der Waals surface area contributed by atoms with Gasteiger partial charge in [-0.05, 0) is 13.5 Å². The van der Waals surface area contributed by atoms with Crippen LogP contribution in [0.15, 0.2) is 24.4 Å². The molecular formula is C20H28N4O4. The summed E-state index contributed by atoms with van der Waals surface area (Å²) in [4.78, 5) is 16.8. The second kappa shape index (κ2) is 11.2. The Morgan fingerprint density at radius 1 is 1.25 bits per heavy atom. The van der Waals surface area contributed by atoms with Gasteiger partial charge < -0.3 is 29.3 Å². The zero-order valence-corrected chi connectivity index (χ0v) is 16.7. The van der Waals surface area contributed by atoms with Crippen LogP contribution in [0, 0.1) is 11.3 Å². The molecule has 28 heavy (non-hydrogen) atoms. The number of carbonyl (C=O) groups excluding carboxylic acids is 1. The van der Waals surface area contributed by atoms with Crippen molar-refractivity contribution in [2.75, 3.05) is 65.9 Å².